The smallest absolute Gasteiger partial charge is 0.238 e. The van der Waals surface area contributed by atoms with Gasteiger partial charge in [0.1, 0.15) is 5.54 Å². The van der Waals surface area contributed by atoms with E-state index in [2.05, 4.69) is 23.6 Å². The summed E-state index contributed by atoms with van der Waals surface area (Å²) >= 11 is 19.2. The fourth-order valence-electron chi connectivity index (χ4n) is 7.13. The lowest BCUT2D eigenvalue weighted by Crippen LogP contribution is -2.65. The third kappa shape index (κ3) is 6.78. The van der Waals surface area contributed by atoms with E-state index in [1.54, 1.807) is 12.1 Å². The number of nitrogens with two attached hydrogens (primary N) is 1. The van der Waals surface area contributed by atoms with Crippen molar-refractivity contribution in [2.75, 3.05) is 37.7 Å². The fourth-order valence-corrected chi connectivity index (χ4v) is 7.76. The molecule has 238 valence electrons. The first-order chi connectivity index (χ1) is 21.0. The first-order valence-electron chi connectivity index (χ1n) is 15.6. The second-order valence-corrected chi connectivity index (χ2v) is 14.5. The second-order valence-electron chi connectivity index (χ2n) is 13.2. The van der Waals surface area contributed by atoms with Gasteiger partial charge in [0, 0.05) is 52.7 Å². The summed E-state index contributed by atoms with van der Waals surface area (Å²) in [5, 5.41) is 11.2. The monoisotopic (exact) mass is 660 g/mol. The highest BCUT2D eigenvalue weighted by Gasteiger charge is 2.49. The van der Waals surface area contributed by atoms with Gasteiger partial charge in [0.05, 0.1) is 10.9 Å². The van der Waals surface area contributed by atoms with Gasteiger partial charge in [0.25, 0.3) is 0 Å². The van der Waals surface area contributed by atoms with Crippen LogP contribution in [0.25, 0.3) is 5.70 Å². The number of hydrogen-bond donors (Lipinski definition) is 2. The molecule has 2 atom stereocenters. The van der Waals surface area contributed by atoms with Crippen molar-refractivity contribution in [2.45, 2.75) is 70.4 Å². The summed E-state index contributed by atoms with van der Waals surface area (Å²) in [4.78, 5) is 33.8. The van der Waals surface area contributed by atoms with Crippen molar-refractivity contribution in [1.82, 2.24) is 9.80 Å². The van der Waals surface area contributed by atoms with Crippen LogP contribution in [0, 0.1) is 11.3 Å². The molecule has 2 aromatic carbocycles. The lowest BCUT2D eigenvalue weighted by molar-refractivity contribution is -0.144. The molecule has 3 N–H and O–H groups in total. The van der Waals surface area contributed by atoms with Crippen LogP contribution in [0.2, 0.25) is 15.1 Å². The Balaban J connectivity index is 1.45. The predicted molar refractivity (Wildman–Crippen MR) is 179 cm³/mol. The Morgan fingerprint density at radius 3 is 2.14 bits per heavy atom. The van der Waals surface area contributed by atoms with Crippen molar-refractivity contribution in [3.8, 4) is 0 Å². The van der Waals surface area contributed by atoms with Gasteiger partial charge in [0.15, 0.2) is 0 Å². The van der Waals surface area contributed by atoms with Crippen LogP contribution < -0.4 is 10.6 Å². The van der Waals surface area contributed by atoms with E-state index in [9.17, 15) is 14.7 Å². The maximum Gasteiger partial charge on any atom is 0.238 e. The van der Waals surface area contributed by atoms with Crippen molar-refractivity contribution < 1.29 is 14.7 Å². The third-order valence-electron chi connectivity index (χ3n) is 9.93. The van der Waals surface area contributed by atoms with Crippen molar-refractivity contribution >= 4 is 58.0 Å². The van der Waals surface area contributed by atoms with Gasteiger partial charge in [-0.1, -0.05) is 48.7 Å². The lowest BCUT2D eigenvalue weighted by atomic mass is 9.77. The molecule has 10 heteroatoms. The van der Waals surface area contributed by atoms with E-state index < -0.39 is 11.5 Å². The standard InChI is InChI=1S/C34H43Cl3N4O3/c1-33(2)12-18-40(19-13-33)34(32(38)44)14-16-39(17-15-34)31(43)27-22-30(26-11-8-24(36)21-28(26)37)41(29(27)5-3-4-20-42)25-9-6-23(35)7-10-25/h6-11,21-22,27,29,42H,3-5,12-20H2,1-2H3,(H2,38,44). The first kappa shape index (κ1) is 33.1. The van der Waals surface area contributed by atoms with Crippen LogP contribution in [0.15, 0.2) is 48.5 Å². The third-order valence-corrected chi connectivity index (χ3v) is 10.7. The van der Waals surface area contributed by atoms with Crippen LogP contribution in [0.5, 0.6) is 0 Å². The van der Waals surface area contributed by atoms with E-state index in [1.807, 2.05) is 41.3 Å². The van der Waals surface area contributed by atoms with Crippen LogP contribution in [-0.2, 0) is 9.59 Å². The van der Waals surface area contributed by atoms with Crippen LogP contribution in [-0.4, -0.2) is 71.1 Å². The molecule has 5 rings (SSSR count). The number of piperidine rings is 2. The molecule has 0 saturated carbocycles. The molecular weight excluding hydrogens is 619 g/mol. The number of nitrogens with zero attached hydrogens (tertiary/aromatic N) is 3. The summed E-state index contributed by atoms with van der Waals surface area (Å²) in [7, 11) is 0. The van der Waals surface area contributed by atoms with Gasteiger partial charge in [-0.25, -0.2) is 0 Å². The molecular formula is C34H43Cl3N4O3. The van der Waals surface area contributed by atoms with Gasteiger partial charge < -0.3 is 20.6 Å². The Morgan fingerprint density at radius 1 is 0.909 bits per heavy atom. The van der Waals surface area contributed by atoms with E-state index in [0.717, 1.165) is 49.3 Å². The minimum atomic E-state index is -0.726. The molecule has 3 heterocycles. The first-order valence-corrected chi connectivity index (χ1v) is 16.8. The lowest BCUT2D eigenvalue weighted by Gasteiger charge is -2.50. The van der Waals surface area contributed by atoms with Crippen LogP contribution >= 0.6 is 34.8 Å². The number of benzene rings is 2. The molecule has 0 radical (unpaired) electrons. The van der Waals surface area contributed by atoms with Gasteiger partial charge >= 0.3 is 0 Å². The van der Waals surface area contributed by atoms with E-state index >= 15 is 0 Å². The van der Waals surface area contributed by atoms with E-state index in [-0.39, 0.29) is 29.9 Å². The van der Waals surface area contributed by atoms with E-state index in [0.29, 0.717) is 53.8 Å². The number of aliphatic hydroxyl groups excluding tert-OH is 1. The highest BCUT2D eigenvalue weighted by atomic mass is 35.5. The predicted octanol–water partition coefficient (Wildman–Crippen LogP) is 6.62. The Kier molecular flexibility index (Phi) is 10.2. The van der Waals surface area contributed by atoms with Gasteiger partial charge in [-0.3, -0.25) is 14.5 Å². The Bertz CT molecular complexity index is 1380. The topological polar surface area (TPSA) is 90.1 Å². The zero-order valence-corrected chi connectivity index (χ0v) is 27.8. The number of aliphatic hydroxyl groups is 1. The van der Waals surface area contributed by atoms with Crippen LogP contribution in [0.3, 0.4) is 0 Å². The Morgan fingerprint density at radius 2 is 1.55 bits per heavy atom. The molecule has 3 aliphatic rings. The fraction of sp³-hybridized carbons (Fsp3) is 0.529. The summed E-state index contributed by atoms with van der Waals surface area (Å²) < 4.78 is 0. The Hall–Kier alpha value is -2.29. The second kappa shape index (κ2) is 13.6. The quantitative estimate of drug-likeness (QED) is 0.295. The SMILES string of the molecule is CC1(C)CCN(C2(C(N)=O)CCN(C(=O)C3C=C(c4ccc(Cl)cc4Cl)N(c4ccc(Cl)cc4)C3CCCCO)CC2)CC1. The molecule has 2 saturated heterocycles. The Labute approximate surface area is 275 Å². The molecule has 7 nitrogen and oxygen atoms in total. The number of likely N-dealkylation sites (tertiary alicyclic amines) is 2. The number of rotatable bonds is 9. The number of hydrogen-bond acceptors (Lipinski definition) is 5. The molecule has 2 aromatic rings. The number of primary amides is 1. The summed E-state index contributed by atoms with van der Waals surface area (Å²) in [6, 6.07) is 12.8. The largest absolute Gasteiger partial charge is 0.396 e. The zero-order valence-electron chi connectivity index (χ0n) is 25.6. The average Bonchev–Trinajstić information content (AvgIpc) is 3.36. The maximum atomic E-state index is 14.4. The molecule has 2 unspecified atom stereocenters. The maximum absolute atomic E-state index is 14.4. The average molecular weight is 662 g/mol. The van der Waals surface area contributed by atoms with Gasteiger partial charge in [0.2, 0.25) is 11.8 Å². The van der Waals surface area contributed by atoms with Gasteiger partial charge in [-0.15, -0.1) is 0 Å². The summed E-state index contributed by atoms with van der Waals surface area (Å²) in [5.41, 5.74) is 8.13. The number of unbranched alkanes of at least 4 members (excludes halogenated alkanes) is 1. The number of amides is 2. The number of carbonyl (C=O) groups excluding carboxylic acids is 2. The molecule has 3 aliphatic heterocycles. The highest BCUT2D eigenvalue weighted by molar-refractivity contribution is 6.36. The summed E-state index contributed by atoms with van der Waals surface area (Å²) in [6.07, 6.45) is 7.19. The molecule has 2 amide bonds. The molecule has 0 aromatic heterocycles. The van der Waals surface area contributed by atoms with Crippen molar-refractivity contribution in [3.63, 3.8) is 0 Å². The minimum Gasteiger partial charge on any atom is -0.396 e. The van der Waals surface area contributed by atoms with Gasteiger partial charge in [-0.2, -0.15) is 0 Å². The molecule has 0 aliphatic carbocycles. The number of anilines is 1. The summed E-state index contributed by atoms with van der Waals surface area (Å²) in [6.45, 7) is 7.24. The molecule has 0 spiro atoms. The molecule has 0 bridgehead atoms. The van der Waals surface area contributed by atoms with Crippen molar-refractivity contribution in [2.24, 2.45) is 17.1 Å². The normalized spacial score (nSPS) is 23.5. The van der Waals surface area contributed by atoms with Crippen molar-refractivity contribution in [1.29, 1.82) is 0 Å². The summed E-state index contributed by atoms with van der Waals surface area (Å²) in [5.74, 6) is -0.723. The van der Waals surface area contributed by atoms with Gasteiger partial charge in [-0.05, 0) is 112 Å². The molecule has 2 fully saturated rings. The highest BCUT2D eigenvalue weighted by Crippen LogP contribution is 2.44. The van der Waals surface area contributed by atoms with Crippen LogP contribution in [0.1, 0.15) is 64.4 Å². The molecule has 44 heavy (non-hydrogen) atoms. The number of halogens is 3. The zero-order chi connectivity index (χ0) is 31.6. The number of carbonyl (C=O) groups is 2. The minimum absolute atomic E-state index is 0.0240. The van der Waals surface area contributed by atoms with Crippen molar-refractivity contribution in [3.05, 3.63) is 69.2 Å². The van der Waals surface area contributed by atoms with Crippen LogP contribution in [0.4, 0.5) is 5.69 Å². The van der Waals surface area contributed by atoms with E-state index in [1.165, 1.54) is 0 Å². The van der Waals surface area contributed by atoms with E-state index in [4.69, 9.17) is 40.5 Å².